The van der Waals surface area contributed by atoms with E-state index in [-0.39, 0.29) is 0 Å². The molecule has 0 saturated heterocycles. The summed E-state index contributed by atoms with van der Waals surface area (Å²) in [6.07, 6.45) is 13.6. The standard InChI is InChI=1S/C13H11N/c1-2-10-11-6-4-3-5-9(11)7-13-12(10)8-14-13/h2-6,8-9H,1,7H2. The van der Waals surface area contributed by atoms with Crippen LogP contribution in [0.25, 0.3) is 0 Å². The second kappa shape index (κ2) is 2.68. The summed E-state index contributed by atoms with van der Waals surface area (Å²) in [5, 5.41) is 0. The molecular weight excluding hydrogens is 170 g/mol. The van der Waals surface area contributed by atoms with Gasteiger partial charge in [0.2, 0.25) is 0 Å². The number of hydrogen-bond acceptors (Lipinski definition) is 1. The van der Waals surface area contributed by atoms with Crippen molar-refractivity contribution in [3.63, 3.8) is 0 Å². The van der Waals surface area contributed by atoms with E-state index in [0.717, 1.165) is 6.42 Å². The van der Waals surface area contributed by atoms with Crippen molar-refractivity contribution in [2.45, 2.75) is 6.42 Å². The number of rotatable bonds is 1. The average Bonchev–Trinajstić information content (AvgIpc) is 2.20. The molecule has 0 N–H and O–H groups in total. The Morgan fingerprint density at radius 2 is 2.36 bits per heavy atom. The molecule has 68 valence electrons. The summed E-state index contributed by atoms with van der Waals surface area (Å²) in [6.45, 7) is 3.88. The number of allylic oxidation sites excluding steroid dienone is 9. The van der Waals surface area contributed by atoms with E-state index < -0.39 is 0 Å². The summed E-state index contributed by atoms with van der Waals surface area (Å²) in [5.41, 5.74) is 5.21. The summed E-state index contributed by atoms with van der Waals surface area (Å²) in [7, 11) is 0. The minimum Gasteiger partial charge on any atom is -0.260 e. The first-order valence-electron chi connectivity index (χ1n) is 4.89. The molecule has 1 atom stereocenters. The Hall–Kier alpha value is -1.63. The van der Waals surface area contributed by atoms with Crippen LogP contribution >= 0.6 is 0 Å². The van der Waals surface area contributed by atoms with Gasteiger partial charge >= 0.3 is 0 Å². The van der Waals surface area contributed by atoms with Crippen LogP contribution < -0.4 is 0 Å². The van der Waals surface area contributed by atoms with Crippen LogP contribution in [0.15, 0.2) is 64.4 Å². The normalized spacial score (nSPS) is 27.3. The maximum Gasteiger partial charge on any atom is 0.0506 e. The van der Waals surface area contributed by atoms with Crippen LogP contribution in [0, 0.1) is 5.92 Å². The molecule has 1 unspecified atom stereocenters. The Kier molecular flexibility index (Phi) is 1.48. The zero-order valence-electron chi connectivity index (χ0n) is 7.90. The summed E-state index contributed by atoms with van der Waals surface area (Å²) >= 11 is 0. The van der Waals surface area contributed by atoms with Gasteiger partial charge in [-0.2, -0.15) is 0 Å². The fraction of sp³-hybridized carbons (Fsp3) is 0.154. The molecule has 1 heterocycles. The molecule has 0 amide bonds. The molecule has 0 saturated carbocycles. The zero-order chi connectivity index (χ0) is 9.54. The van der Waals surface area contributed by atoms with E-state index in [0.29, 0.717) is 5.92 Å². The lowest BCUT2D eigenvalue weighted by atomic mass is 9.78. The number of fused-ring (bicyclic) bond motifs is 1. The molecule has 0 fully saturated rings. The highest BCUT2D eigenvalue weighted by Crippen LogP contribution is 2.40. The van der Waals surface area contributed by atoms with Gasteiger partial charge in [-0.25, -0.2) is 0 Å². The number of hydrogen-bond donors (Lipinski definition) is 0. The summed E-state index contributed by atoms with van der Waals surface area (Å²) in [4.78, 5) is 4.29. The molecule has 1 aliphatic heterocycles. The van der Waals surface area contributed by atoms with Gasteiger partial charge in [0.15, 0.2) is 0 Å². The van der Waals surface area contributed by atoms with Gasteiger partial charge in [0.25, 0.3) is 0 Å². The Bertz CT molecular complexity index is 456. The molecule has 0 radical (unpaired) electrons. The predicted octanol–water partition coefficient (Wildman–Crippen LogP) is 2.95. The third-order valence-electron chi connectivity index (χ3n) is 3.01. The number of nitrogens with zero attached hydrogens (tertiary/aromatic N) is 1. The largest absolute Gasteiger partial charge is 0.260 e. The first kappa shape index (κ1) is 7.74. The first-order chi connectivity index (χ1) is 6.90. The summed E-state index contributed by atoms with van der Waals surface area (Å²) in [6, 6.07) is 0. The van der Waals surface area contributed by atoms with Gasteiger partial charge in [0.05, 0.1) is 5.70 Å². The van der Waals surface area contributed by atoms with Crippen LogP contribution in [0.4, 0.5) is 0 Å². The first-order valence-corrected chi connectivity index (χ1v) is 4.89. The summed E-state index contributed by atoms with van der Waals surface area (Å²) < 4.78 is 0. The predicted molar refractivity (Wildman–Crippen MR) is 59.1 cm³/mol. The topological polar surface area (TPSA) is 12.4 Å². The monoisotopic (exact) mass is 181 g/mol. The molecule has 3 aliphatic rings. The van der Waals surface area contributed by atoms with Crippen LogP contribution in [-0.2, 0) is 0 Å². The van der Waals surface area contributed by atoms with Crippen LogP contribution in [0.5, 0.6) is 0 Å². The van der Waals surface area contributed by atoms with E-state index in [9.17, 15) is 0 Å². The minimum atomic E-state index is 0.518. The van der Waals surface area contributed by atoms with Crippen LogP contribution in [0.3, 0.4) is 0 Å². The molecule has 14 heavy (non-hydrogen) atoms. The van der Waals surface area contributed by atoms with Gasteiger partial charge < -0.3 is 0 Å². The third kappa shape index (κ3) is 0.869. The van der Waals surface area contributed by atoms with E-state index in [1.54, 1.807) is 0 Å². The van der Waals surface area contributed by atoms with Gasteiger partial charge in [-0.05, 0) is 11.1 Å². The lowest BCUT2D eigenvalue weighted by Crippen LogP contribution is -2.18. The van der Waals surface area contributed by atoms with Gasteiger partial charge in [-0.15, -0.1) is 0 Å². The quantitative estimate of drug-likeness (QED) is 0.589. The molecule has 0 spiro atoms. The Morgan fingerprint density at radius 1 is 1.43 bits per heavy atom. The van der Waals surface area contributed by atoms with Gasteiger partial charge in [0.1, 0.15) is 0 Å². The molecule has 1 nitrogen and oxygen atoms in total. The van der Waals surface area contributed by atoms with E-state index in [4.69, 9.17) is 0 Å². The molecule has 0 bridgehead atoms. The Balaban J connectivity index is 2.16. The highest BCUT2D eigenvalue weighted by Gasteiger charge is 2.28. The molecule has 0 aromatic rings. The van der Waals surface area contributed by atoms with Crippen molar-refractivity contribution < 1.29 is 0 Å². The SMILES string of the molecule is C=CC1=C2C=CC=CC2CC2=C1C=N2. The second-order valence-electron chi connectivity index (χ2n) is 3.75. The summed E-state index contributed by atoms with van der Waals surface area (Å²) in [5.74, 6) is 0.518. The lowest BCUT2D eigenvalue weighted by molar-refractivity contribution is 0.721. The van der Waals surface area contributed by atoms with Crippen molar-refractivity contribution in [2.24, 2.45) is 10.9 Å². The molecule has 0 aromatic heterocycles. The van der Waals surface area contributed by atoms with Crippen molar-refractivity contribution in [3.8, 4) is 0 Å². The van der Waals surface area contributed by atoms with Gasteiger partial charge in [-0.3, -0.25) is 4.99 Å². The van der Waals surface area contributed by atoms with Crippen molar-refractivity contribution in [2.75, 3.05) is 0 Å². The van der Waals surface area contributed by atoms with E-state index in [1.807, 2.05) is 12.3 Å². The number of aliphatic imine (C=N–C) groups is 1. The fourth-order valence-electron chi connectivity index (χ4n) is 2.25. The molecule has 1 heteroatoms. The van der Waals surface area contributed by atoms with Crippen molar-refractivity contribution in [1.29, 1.82) is 0 Å². The van der Waals surface area contributed by atoms with Crippen LogP contribution in [0.1, 0.15) is 6.42 Å². The fourth-order valence-corrected chi connectivity index (χ4v) is 2.25. The van der Waals surface area contributed by atoms with Crippen LogP contribution in [0.2, 0.25) is 0 Å². The smallest absolute Gasteiger partial charge is 0.0506 e. The van der Waals surface area contributed by atoms with Crippen molar-refractivity contribution in [1.82, 2.24) is 0 Å². The van der Waals surface area contributed by atoms with E-state index in [1.165, 1.54) is 22.4 Å². The van der Waals surface area contributed by atoms with Crippen LogP contribution in [-0.4, -0.2) is 6.21 Å². The maximum atomic E-state index is 4.29. The highest BCUT2D eigenvalue weighted by molar-refractivity contribution is 5.94. The molecule has 3 rings (SSSR count). The second-order valence-corrected chi connectivity index (χ2v) is 3.75. The molecule has 0 aromatic carbocycles. The Morgan fingerprint density at radius 3 is 3.07 bits per heavy atom. The van der Waals surface area contributed by atoms with Gasteiger partial charge in [-0.1, -0.05) is 37.0 Å². The highest BCUT2D eigenvalue weighted by atomic mass is 14.8. The zero-order valence-corrected chi connectivity index (χ0v) is 7.90. The molecular formula is C13H11N. The van der Waals surface area contributed by atoms with Gasteiger partial charge in [0, 0.05) is 24.1 Å². The van der Waals surface area contributed by atoms with E-state index in [2.05, 4.69) is 35.9 Å². The average molecular weight is 181 g/mol. The lowest BCUT2D eigenvalue weighted by Gasteiger charge is -2.30. The Labute approximate surface area is 83.5 Å². The van der Waals surface area contributed by atoms with Crippen molar-refractivity contribution >= 4 is 6.21 Å². The molecule has 2 aliphatic carbocycles. The van der Waals surface area contributed by atoms with Crippen molar-refractivity contribution in [3.05, 3.63) is 59.4 Å². The van der Waals surface area contributed by atoms with E-state index >= 15 is 0 Å². The minimum absolute atomic E-state index is 0.518. The maximum absolute atomic E-state index is 4.29. The third-order valence-corrected chi connectivity index (χ3v) is 3.01.